The standard InChI is InChI=1S/C17H20N4/c1-13(21-8-4-5-9-21)12-19-17-10-14(11-18)15-6-2-3-7-16(15)20-17/h2-3,6-7,10,13H,4-5,8-9,12H2,1H3,(H,19,20). The molecule has 4 nitrogen and oxygen atoms in total. The highest BCUT2D eigenvalue weighted by molar-refractivity contribution is 5.86. The molecule has 1 unspecified atom stereocenters. The molecule has 1 fully saturated rings. The number of nitrogens with zero attached hydrogens (tertiary/aromatic N) is 3. The van der Waals surface area contributed by atoms with E-state index < -0.39 is 0 Å². The summed E-state index contributed by atoms with van der Waals surface area (Å²) in [5.74, 6) is 0.788. The molecule has 0 bridgehead atoms. The summed E-state index contributed by atoms with van der Waals surface area (Å²) in [6, 6.07) is 12.4. The van der Waals surface area contributed by atoms with Crippen LogP contribution in [0.3, 0.4) is 0 Å². The molecule has 1 aromatic carbocycles. The summed E-state index contributed by atoms with van der Waals surface area (Å²) in [7, 11) is 0. The van der Waals surface area contributed by atoms with Gasteiger partial charge in [0.1, 0.15) is 5.82 Å². The van der Waals surface area contributed by atoms with E-state index in [0.717, 1.165) is 23.3 Å². The Labute approximate surface area is 125 Å². The van der Waals surface area contributed by atoms with Gasteiger partial charge in [0, 0.05) is 18.0 Å². The van der Waals surface area contributed by atoms with E-state index >= 15 is 0 Å². The minimum atomic E-state index is 0.492. The Hall–Kier alpha value is -2.12. The zero-order valence-electron chi connectivity index (χ0n) is 12.3. The van der Waals surface area contributed by atoms with Gasteiger partial charge in [0.15, 0.2) is 0 Å². The number of benzene rings is 1. The van der Waals surface area contributed by atoms with Crippen LogP contribution in [0.5, 0.6) is 0 Å². The lowest BCUT2D eigenvalue weighted by Crippen LogP contribution is -2.35. The van der Waals surface area contributed by atoms with E-state index in [1.54, 1.807) is 0 Å². The van der Waals surface area contributed by atoms with E-state index in [-0.39, 0.29) is 0 Å². The number of fused-ring (bicyclic) bond motifs is 1. The number of nitriles is 1. The van der Waals surface area contributed by atoms with Gasteiger partial charge in [-0.1, -0.05) is 18.2 Å². The number of hydrogen-bond donors (Lipinski definition) is 1. The topological polar surface area (TPSA) is 52.0 Å². The highest BCUT2D eigenvalue weighted by Crippen LogP contribution is 2.20. The van der Waals surface area contributed by atoms with Crippen molar-refractivity contribution in [3.05, 3.63) is 35.9 Å². The average Bonchev–Trinajstić information content (AvgIpc) is 3.06. The van der Waals surface area contributed by atoms with Crippen molar-refractivity contribution in [3.8, 4) is 6.07 Å². The summed E-state index contributed by atoms with van der Waals surface area (Å²) in [5.41, 5.74) is 1.55. The summed E-state index contributed by atoms with van der Waals surface area (Å²) in [4.78, 5) is 7.10. The molecule has 0 spiro atoms. The van der Waals surface area contributed by atoms with Gasteiger partial charge in [0.2, 0.25) is 0 Å². The summed E-state index contributed by atoms with van der Waals surface area (Å²) >= 11 is 0. The van der Waals surface area contributed by atoms with Gasteiger partial charge in [0.25, 0.3) is 0 Å². The Balaban J connectivity index is 1.76. The Morgan fingerprint density at radius 1 is 1.33 bits per heavy atom. The van der Waals surface area contributed by atoms with Crippen LogP contribution in [0.1, 0.15) is 25.3 Å². The van der Waals surface area contributed by atoms with Crippen LogP contribution in [0.2, 0.25) is 0 Å². The van der Waals surface area contributed by atoms with Crippen molar-refractivity contribution in [2.24, 2.45) is 0 Å². The molecule has 108 valence electrons. The SMILES string of the molecule is CC(CNc1cc(C#N)c2ccccc2n1)N1CCCC1. The smallest absolute Gasteiger partial charge is 0.128 e. The van der Waals surface area contributed by atoms with E-state index in [9.17, 15) is 5.26 Å². The van der Waals surface area contributed by atoms with E-state index in [1.165, 1.54) is 25.9 Å². The molecular formula is C17H20N4. The Morgan fingerprint density at radius 3 is 2.86 bits per heavy atom. The molecule has 2 heterocycles. The molecule has 1 saturated heterocycles. The summed E-state index contributed by atoms with van der Waals surface area (Å²) in [6.07, 6.45) is 2.61. The molecule has 4 heteroatoms. The van der Waals surface area contributed by atoms with Gasteiger partial charge < -0.3 is 5.32 Å². The quantitative estimate of drug-likeness (QED) is 0.935. The zero-order chi connectivity index (χ0) is 14.7. The van der Waals surface area contributed by atoms with Crippen LogP contribution in [-0.4, -0.2) is 35.6 Å². The second kappa shape index (κ2) is 6.11. The number of nitrogens with one attached hydrogen (secondary N) is 1. The van der Waals surface area contributed by atoms with Gasteiger partial charge in [-0.15, -0.1) is 0 Å². The van der Waals surface area contributed by atoms with Gasteiger partial charge >= 0.3 is 0 Å². The lowest BCUT2D eigenvalue weighted by Gasteiger charge is -2.24. The summed E-state index contributed by atoms with van der Waals surface area (Å²) in [6.45, 7) is 5.48. The molecule has 0 saturated carbocycles. The number of hydrogen-bond acceptors (Lipinski definition) is 4. The second-order valence-corrected chi connectivity index (χ2v) is 5.66. The van der Waals surface area contributed by atoms with Crippen molar-refractivity contribution < 1.29 is 0 Å². The first-order chi connectivity index (χ1) is 10.3. The molecule has 1 aromatic heterocycles. The van der Waals surface area contributed by atoms with Crippen molar-refractivity contribution in [3.63, 3.8) is 0 Å². The fourth-order valence-electron chi connectivity index (χ4n) is 2.92. The minimum Gasteiger partial charge on any atom is -0.368 e. The molecule has 3 rings (SSSR count). The van der Waals surface area contributed by atoms with Crippen LogP contribution in [-0.2, 0) is 0 Å². The lowest BCUT2D eigenvalue weighted by molar-refractivity contribution is 0.269. The number of anilines is 1. The Bertz CT molecular complexity index is 668. The lowest BCUT2D eigenvalue weighted by atomic mass is 10.1. The van der Waals surface area contributed by atoms with Crippen LogP contribution in [0.4, 0.5) is 5.82 Å². The zero-order valence-corrected chi connectivity index (χ0v) is 12.3. The number of aromatic nitrogens is 1. The number of pyridine rings is 1. The van der Waals surface area contributed by atoms with Gasteiger partial charge in [-0.05, 0) is 45.0 Å². The van der Waals surface area contributed by atoms with Crippen molar-refractivity contribution in [1.82, 2.24) is 9.88 Å². The predicted molar refractivity (Wildman–Crippen MR) is 85.2 cm³/mol. The molecule has 0 aliphatic carbocycles. The fraction of sp³-hybridized carbons (Fsp3) is 0.412. The number of likely N-dealkylation sites (tertiary alicyclic amines) is 1. The average molecular weight is 280 g/mol. The molecule has 1 N–H and O–H groups in total. The van der Waals surface area contributed by atoms with Crippen LogP contribution in [0.15, 0.2) is 30.3 Å². The largest absolute Gasteiger partial charge is 0.368 e. The highest BCUT2D eigenvalue weighted by atomic mass is 15.2. The second-order valence-electron chi connectivity index (χ2n) is 5.66. The maximum Gasteiger partial charge on any atom is 0.128 e. The van der Waals surface area contributed by atoms with Gasteiger partial charge in [-0.2, -0.15) is 5.26 Å². The molecule has 21 heavy (non-hydrogen) atoms. The molecule has 1 aliphatic heterocycles. The maximum absolute atomic E-state index is 9.30. The third-order valence-corrected chi connectivity index (χ3v) is 4.18. The summed E-state index contributed by atoms with van der Waals surface area (Å²) < 4.78 is 0. The van der Waals surface area contributed by atoms with Gasteiger partial charge in [-0.3, -0.25) is 4.90 Å². The Kier molecular flexibility index (Phi) is 4.03. The monoisotopic (exact) mass is 280 g/mol. The number of para-hydroxylation sites is 1. The normalized spacial score (nSPS) is 16.8. The van der Waals surface area contributed by atoms with Gasteiger partial charge in [0.05, 0.1) is 17.1 Å². The van der Waals surface area contributed by atoms with Crippen LogP contribution < -0.4 is 5.32 Å². The van der Waals surface area contributed by atoms with E-state index in [4.69, 9.17) is 0 Å². The van der Waals surface area contributed by atoms with Crippen molar-refractivity contribution in [2.75, 3.05) is 25.0 Å². The first-order valence-electron chi connectivity index (χ1n) is 7.56. The van der Waals surface area contributed by atoms with Crippen molar-refractivity contribution in [1.29, 1.82) is 5.26 Å². The molecule has 0 amide bonds. The van der Waals surface area contributed by atoms with Crippen LogP contribution in [0.25, 0.3) is 10.9 Å². The van der Waals surface area contributed by atoms with Gasteiger partial charge in [-0.25, -0.2) is 4.98 Å². The molecule has 2 aromatic rings. The van der Waals surface area contributed by atoms with Crippen LogP contribution in [0, 0.1) is 11.3 Å². The Morgan fingerprint density at radius 2 is 2.10 bits per heavy atom. The predicted octanol–water partition coefficient (Wildman–Crippen LogP) is 3.00. The molecular weight excluding hydrogens is 260 g/mol. The number of rotatable bonds is 4. The minimum absolute atomic E-state index is 0.492. The fourth-order valence-corrected chi connectivity index (χ4v) is 2.92. The molecule has 1 atom stereocenters. The van der Waals surface area contributed by atoms with E-state index in [2.05, 4.69) is 28.2 Å². The third kappa shape index (κ3) is 2.98. The first-order valence-corrected chi connectivity index (χ1v) is 7.56. The highest BCUT2D eigenvalue weighted by Gasteiger charge is 2.17. The van der Waals surface area contributed by atoms with Crippen molar-refractivity contribution in [2.45, 2.75) is 25.8 Å². The van der Waals surface area contributed by atoms with E-state index in [0.29, 0.717) is 11.6 Å². The maximum atomic E-state index is 9.30. The first kappa shape index (κ1) is 13.8. The summed E-state index contributed by atoms with van der Waals surface area (Å²) in [5, 5.41) is 13.6. The van der Waals surface area contributed by atoms with Crippen molar-refractivity contribution >= 4 is 16.7 Å². The molecule has 1 aliphatic rings. The molecule has 0 radical (unpaired) electrons. The van der Waals surface area contributed by atoms with Crippen LogP contribution >= 0.6 is 0 Å². The third-order valence-electron chi connectivity index (χ3n) is 4.18. The van der Waals surface area contributed by atoms with E-state index in [1.807, 2.05) is 30.3 Å².